The third kappa shape index (κ3) is 2.16. The molecule has 5 heteroatoms. The molecule has 1 aliphatic rings. The van der Waals surface area contributed by atoms with Crippen molar-refractivity contribution in [3.05, 3.63) is 22.7 Å². The van der Waals surface area contributed by atoms with Gasteiger partial charge in [0.05, 0.1) is 11.1 Å². The van der Waals surface area contributed by atoms with E-state index in [1.54, 1.807) is 12.1 Å². The van der Waals surface area contributed by atoms with E-state index < -0.39 is 6.10 Å². The van der Waals surface area contributed by atoms with E-state index in [9.17, 15) is 5.11 Å². The Hall–Kier alpha value is -0.970. The molecule has 1 aromatic rings. The highest BCUT2D eigenvalue weighted by Crippen LogP contribution is 2.44. The lowest BCUT2D eigenvalue weighted by Gasteiger charge is -2.32. The van der Waals surface area contributed by atoms with E-state index in [2.05, 4.69) is 0 Å². The summed E-state index contributed by atoms with van der Waals surface area (Å²) in [5, 5.41) is 10.9. The summed E-state index contributed by atoms with van der Waals surface area (Å²) >= 11 is 6.11. The molecule has 1 aromatic carbocycles. The number of ether oxygens (including phenoxy) is 2. The minimum absolute atomic E-state index is 0.163. The van der Waals surface area contributed by atoms with Crippen molar-refractivity contribution in [1.82, 2.24) is 0 Å². The van der Waals surface area contributed by atoms with Crippen molar-refractivity contribution >= 4 is 11.6 Å². The quantitative estimate of drug-likeness (QED) is 0.883. The number of nitrogens with two attached hydrogens (primary N) is 1. The Labute approximate surface area is 112 Å². The van der Waals surface area contributed by atoms with Crippen LogP contribution in [0.15, 0.2) is 12.1 Å². The largest absolute Gasteiger partial charge is 0.454 e. The van der Waals surface area contributed by atoms with Crippen molar-refractivity contribution in [2.75, 3.05) is 13.3 Å². The van der Waals surface area contributed by atoms with Gasteiger partial charge in [-0.3, -0.25) is 0 Å². The Kier molecular flexibility index (Phi) is 3.71. The maximum atomic E-state index is 10.5. The molecule has 3 N–H and O–H groups in total. The van der Waals surface area contributed by atoms with Crippen molar-refractivity contribution in [2.24, 2.45) is 11.1 Å². The van der Waals surface area contributed by atoms with E-state index in [1.807, 2.05) is 13.8 Å². The standard InChI is InChI=1S/C13H18ClNO3/c1-3-13(2,6-15)12(16)8-4-9(14)11-10(5-8)17-7-18-11/h4-5,12,16H,3,6-7,15H2,1-2H3. The fraction of sp³-hybridized carbons (Fsp3) is 0.538. The van der Waals surface area contributed by atoms with Crippen molar-refractivity contribution in [2.45, 2.75) is 26.4 Å². The van der Waals surface area contributed by atoms with Crippen LogP contribution in [-0.4, -0.2) is 18.4 Å². The third-order valence-electron chi connectivity index (χ3n) is 3.70. The van der Waals surface area contributed by atoms with Crippen molar-refractivity contribution < 1.29 is 14.6 Å². The Morgan fingerprint density at radius 1 is 1.50 bits per heavy atom. The van der Waals surface area contributed by atoms with Gasteiger partial charge in [0.2, 0.25) is 6.79 Å². The number of fused-ring (bicyclic) bond motifs is 1. The molecule has 0 fully saturated rings. The number of benzene rings is 1. The Balaban J connectivity index is 2.37. The fourth-order valence-electron chi connectivity index (χ4n) is 2.00. The first-order valence-electron chi connectivity index (χ1n) is 5.99. The first-order chi connectivity index (χ1) is 8.51. The number of hydrogen-bond donors (Lipinski definition) is 2. The van der Waals surface area contributed by atoms with Crippen molar-refractivity contribution in [3.63, 3.8) is 0 Å². The van der Waals surface area contributed by atoms with E-state index in [4.69, 9.17) is 26.8 Å². The number of aliphatic hydroxyl groups is 1. The number of halogens is 1. The molecular weight excluding hydrogens is 254 g/mol. The molecule has 2 rings (SSSR count). The molecule has 0 bridgehead atoms. The van der Waals surface area contributed by atoms with Gasteiger partial charge in [-0.25, -0.2) is 0 Å². The van der Waals surface area contributed by atoms with Gasteiger partial charge in [0.15, 0.2) is 11.5 Å². The Bertz CT molecular complexity index is 446. The van der Waals surface area contributed by atoms with Crippen LogP contribution in [0.1, 0.15) is 31.9 Å². The second kappa shape index (κ2) is 4.96. The molecule has 0 aliphatic carbocycles. The minimum Gasteiger partial charge on any atom is -0.454 e. The van der Waals surface area contributed by atoms with Crippen LogP contribution in [0.3, 0.4) is 0 Å². The van der Waals surface area contributed by atoms with Crippen LogP contribution >= 0.6 is 11.6 Å². The summed E-state index contributed by atoms with van der Waals surface area (Å²) in [6.07, 6.45) is 0.0935. The summed E-state index contributed by atoms with van der Waals surface area (Å²) in [6, 6.07) is 3.48. The van der Waals surface area contributed by atoms with E-state index >= 15 is 0 Å². The van der Waals surface area contributed by atoms with Gasteiger partial charge in [0.25, 0.3) is 0 Å². The van der Waals surface area contributed by atoms with E-state index in [0.717, 1.165) is 6.42 Å². The number of aliphatic hydroxyl groups excluding tert-OH is 1. The van der Waals surface area contributed by atoms with Gasteiger partial charge in [-0.2, -0.15) is 0 Å². The van der Waals surface area contributed by atoms with Crippen LogP contribution < -0.4 is 15.2 Å². The van der Waals surface area contributed by atoms with Crippen LogP contribution in [0.2, 0.25) is 5.02 Å². The summed E-state index contributed by atoms with van der Waals surface area (Å²) in [5.41, 5.74) is 6.09. The van der Waals surface area contributed by atoms with Gasteiger partial charge < -0.3 is 20.3 Å². The summed E-state index contributed by atoms with van der Waals surface area (Å²) < 4.78 is 10.5. The summed E-state index contributed by atoms with van der Waals surface area (Å²) in [4.78, 5) is 0. The molecule has 2 atom stereocenters. The smallest absolute Gasteiger partial charge is 0.231 e. The van der Waals surface area contributed by atoms with Gasteiger partial charge in [-0.15, -0.1) is 0 Å². The second-order valence-corrected chi connectivity index (χ2v) is 5.26. The molecule has 0 amide bonds. The second-order valence-electron chi connectivity index (χ2n) is 4.85. The van der Waals surface area contributed by atoms with Gasteiger partial charge in [-0.1, -0.05) is 25.4 Å². The van der Waals surface area contributed by atoms with Crippen LogP contribution in [0.25, 0.3) is 0 Å². The number of rotatable bonds is 4. The predicted molar refractivity (Wildman–Crippen MR) is 70.0 cm³/mol. The summed E-state index contributed by atoms with van der Waals surface area (Å²) in [6.45, 7) is 4.52. The molecule has 0 spiro atoms. The maximum absolute atomic E-state index is 10.5. The normalized spacial score (nSPS) is 18.5. The van der Waals surface area contributed by atoms with Gasteiger partial charge in [-0.05, 0) is 24.1 Å². The summed E-state index contributed by atoms with van der Waals surface area (Å²) in [5.74, 6) is 1.12. The van der Waals surface area contributed by atoms with E-state index in [1.165, 1.54) is 0 Å². The van der Waals surface area contributed by atoms with Gasteiger partial charge in [0, 0.05) is 12.0 Å². The molecule has 18 heavy (non-hydrogen) atoms. The minimum atomic E-state index is -0.681. The maximum Gasteiger partial charge on any atom is 0.231 e. The van der Waals surface area contributed by atoms with Crippen LogP contribution in [0, 0.1) is 5.41 Å². The lowest BCUT2D eigenvalue weighted by molar-refractivity contribution is 0.0390. The monoisotopic (exact) mass is 271 g/mol. The zero-order valence-electron chi connectivity index (χ0n) is 10.6. The zero-order valence-corrected chi connectivity index (χ0v) is 11.3. The predicted octanol–water partition coefficient (Wildman–Crippen LogP) is 2.48. The topological polar surface area (TPSA) is 64.7 Å². The average molecular weight is 272 g/mol. The molecule has 0 radical (unpaired) electrons. The highest BCUT2D eigenvalue weighted by atomic mass is 35.5. The molecule has 4 nitrogen and oxygen atoms in total. The van der Waals surface area contributed by atoms with Crippen LogP contribution in [-0.2, 0) is 0 Å². The van der Waals surface area contributed by atoms with Gasteiger partial charge >= 0.3 is 0 Å². The first kappa shape index (κ1) is 13.5. The SMILES string of the molecule is CCC(C)(CN)C(O)c1cc(Cl)c2c(c1)OCO2. The first-order valence-corrected chi connectivity index (χ1v) is 6.37. The van der Waals surface area contributed by atoms with Crippen molar-refractivity contribution in [1.29, 1.82) is 0 Å². The molecule has 1 heterocycles. The zero-order chi connectivity index (χ0) is 13.3. The fourth-order valence-corrected chi connectivity index (χ4v) is 2.27. The summed E-state index contributed by atoms with van der Waals surface area (Å²) in [7, 11) is 0. The Morgan fingerprint density at radius 3 is 2.83 bits per heavy atom. The van der Waals surface area contributed by atoms with Crippen LogP contribution in [0.5, 0.6) is 11.5 Å². The highest BCUT2D eigenvalue weighted by Gasteiger charge is 2.32. The lowest BCUT2D eigenvalue weighted by atomic mass is 9.78. The molecular formula is C13H18ClNO3. The average Bonchev–Trinajstić information content (AvgIpc) is 2.85. The molecule has 2 unspecified atom stereocenters. The highest BCUT2D eigenvalue weighted by molar-refractivity contribution is 6.32. The molecule has 0 saturated heterocycles. The van der Waals surface area contributed by atoms with E-state index in [0.29, 0.717) is 28.6 Å². The van der Waals surface area contributed by atoms with E-state index in [-0.39, 0.29) is 12.2 Å². The lowest BCUT2D eigenvalue weighted by Crippen LogP contribution is -2.33. The molecule has 1 aliphatic heterocycles. The Morgan fingerprint density at radius 2 is 2.22 bits per heavy atom. The van der Waals surface area contributed by atoms with Gasteiger partial charge in [0.1, 0.15) is 0 Å². The molecule has 0 saturated carbocycles. The molecule has 0 aromatic heterocycles. The third-order valence-corrected chi connectivity index (χ3v) is 3.98. The van der Waals surface area contributed by atoms with Crippen molar-refractivity contribution in [3.8, 4) is 11.5 Å². The van der Waals surface area contributed by atoms with Crippen LogP contribution in [0.4, 0.5) is 0 Å². The number of hydrogen-bond acceptors (Lipinski definition) is 4. The molecule has 100 valence electrons.